The van der Waals surface area contributed by atoms with Crippen molar-refractivity contribution in [1.82, 2.24) is 4.90 Å². The highest BCUT2D eigenvalue weighted by Gasteiger charge is 2.32. The second-order valence-corrected chi connectivity index (χ2v) is 3.75. The van der Waals surface area contributed by atoms with Crippen molar-refractivity contribution in [3.05, 3.63) is 35.2 Å². The van der Waals surface area contributed by atoms with Gasteiger partial charge in [-0.05, 0) is 25.0 Å². The molecule has 2 rings (SSSR count). The summed E-state index contributed by atoms with van der Waals surface area (Å²) in [7, 11) is 0. The van der Waals surface area contributed by atoms with Gasteiger partial charge in [0, 0.05) is 18.7 Å². The van der Waals surface area contributed by atoms with Crippen molar-refractivity contribution in [1.29, 1.82) is 0 Å². The predicted molar refractivity (Wildman–Crippen MR) is 51.8 cm³/mol. The third-order valence-corrected chi connectivity index (χ3v) is 2.81. The van der Waals surface area contributed by atoms with Crippen LogP contribution in [0.1, 0.15) is 20.3 Å². The highest BCUT2D eigenvalue weighted by atomic mass is 19.1. The van der Waals surface area contributed by atoms with Crippen molar-refractivity contribution in [3.8, 4) is 0 Å². The van der Waals surface area contributed by atoms with Crippen molar-refractivity contribution in [3.63, 3.8) is 0 Å². The van der Waals surface area contributed by atoms with E-state index in [1.165, 1.54) is 0 Å². The minimum atomic E-state index is -0.791. The van der Waals surface area contributed by atoms with Crippen LogP contribution in [-0.4, -0.2) is 17.6 Å². The molecule has 70 valence electrons. The lowest BCUT2D eigenvalue weighted by atomic mass is 10.0. The summed E-state index contributed by atoms with van der Waals surface area (Å²) in [5.74, 6) is 0. The summed E-state index contributed by atoms with van der Waals surface area (Å²) < 4.78 is 13.4. The van der Waals surface area contributed by atoms with Gasteiger partial charge in [-0.3, -0.25) is 0 Å². The van der Waals surface area contributed by atoms with Crippen molar-refractivity contribution in [2.45, 2.75) is 26.4 Å². The molecule has 0 aromatic rings. The topological polar surface area (TPSA) is 3.24 Å². The van der Waals surface area contributed by atoms with Gasteiger partial charge in [0.05, 0.1) is 5.70 Å². The zero-order valence-corrected chi connectivity index (χ0v) is 8.10. The molecule has 2 heteroatoms. The molecule has 1 atom stereocenters. The van der Waals surface area contributed by atoms with E-state index in [-0.39, 0.29) is 0 Å². The molecule has 1 unspecified atom stereocenters. The fourth-order valence-corrected chi connectivity index (χ4v) is 2.10. The number of rotatable bonds is 0. The van der Waals surface area contributed by atoms with Gasteiger partial charge < -0.3 is 4.90 Å². The number of halogens is 1. The Labute approximate surface area is 78.2 Å². The molecule has 1 saturated heterocycles. The number of nitrogens with zero attached hydrogens (tertiary/aromatic N) is 1. The Hall–Kier alpha value is -1.05. The Bertz CT molecular complexity index is 325. The Morgan fingerprint density at radius 2 is 2.23 bits per heavy atom. The summed E-state index contributed by atoms with van der Waals surface area (Å²) in [6.07, 6.45) is 1.83. The van der Waals surface area contributed by atoms with Crippen molar-refractivity contribution >= 4 is 0 Å². The normalized spacial score (nSPS) is 27.9. The molecule has 0 aliphatic carbocycles. The van der Waals surface area contributed by atoms with Crippen LogP contribution in [-0.2, 0) is 0 Å². The Balaban J connectivity index is 2.48. The molecule has 2 aliphatic rings. The van der Waals surface area contributed by atoms with Gasteiger partial charge in [0.25, 0.3) is 0 Å². The van der Waals surface area contributed by atoms with Gasteiger partial charge in [-0.25, -0.2) is 4.39 Å². The van der Waals surface area contributed by atoms with E-state index in [0.717, 1.165) is 29.1 Å². The van der Waals surface area contributed by atoms with E-state index >= 15 is 0 Å². The van der Waals surface area contributed by atoms with E-state index in [0.29, 0.717) is 6.42 Å². The monoisotopic (exact) mass is 179 g/mol. The summed E-state index contributed by atoms with van der Waals surface area (Å²) in [5.41, 5.74) is 3.99. The molecule has 1 fully saturated rings. The van der Waals surface area contributed by atoms with Crippen molar-refractivity contribution in [2.75, 3.05) is 6.54 Å². The highest BCUT2D eigenvalue weighted by molar-refractivity contribution is 5.45. The average molecular weight is 179 g/mol. The lowest BCUT2D eigenvalue weighted by molar-refractivity contribution is 0.380. The first kappa shape index (κ1) is 8.54. The number of fused-ring (bicyclic) bond motifs is 1. The molecule has 0 spiro atoms. The average Bonchev–Trinajstić information content (AvgIpc) is 2.44. The van der Waals surface area contributed by atoms with Gasteiger partial charge in [0.15, 0.2) is 0 Å². The Morgan fingerprint density at radius 1 is 1.54 bits per heavy atom. The molecule has 0 amide bonds. The zero-order chi connectivity index (χ0) is 9.59. The third-order valence-electron chi connectivity index (χ3n) is 2.81. The van der Waals surface area contributed by atoms with Gasteiger partial charge >= 0.3 is 0 Å². The number of alkyl halides is 1. The van der Waals surface area contributed by atoms with Crippen LogP contribution in [0.4, 0.5) is 4.39 Å². The first-order valence-corrected chi connectivity index (χ1v) is 4.61. The molecular formula is C11H14FN. The summed E-state index contributed by atoms with van der Waals surface area (Å²) in [6, 6.07) is 0. The molecule has 0 radical (unpaired) electrons. The molecule has 0 N–H and O–H groups in total. The molecule has 2 aliphatic heterocycles. The molecular weight excluding hydrogens is 165 g/mol. The number of hydrogen-bond donors (Lipinski definition) is 0. The van der Waals surface area contributed by atoms with E-state index in [9.17, 15) is 4.39 Å². The van der Waals surface area contributed by atoms with Gasteiger partial charge in [-0.1, -0.05) is 12.7 Å². The molecule has 0 saturated carbocycles. The number of hydrogen-bond acceptors (Lipinski definition) is 1. The molecule has 13 heavy (non-hydrogen) atoms. The van der Waals surface area contributed by atoms with Crippen molar-refractivity contribution in [2.24, 2.45) is 0 Å². The van der Waals surface area contributed by atoms with Gasteiger partial charge in [0.2, 0.25) is 0 Å². The summed E-state index contributed by atoms with van der Waals surface area (Å²) >= 11 is 0. The van der Waals surface area contributed by atoms with E-state index in [1.807, 2.05) is 24.8 Å². The van der Waals surface area contributed by atoms with E-state index in [1.54, 1.807) is 0 Å². The first-order chi connectivity index (χ1) is 6.11. The maximum atomic E-state index is 13.4. The molecule has 0 aromatic carbocycles. The lowest BCUT2D eigenvalue weighted by Crippen LogP contribution is -2.22. The fraction of sp³-hybridized carbons (Fsp3) is 0.455. The van der Waals surface area contributed by atoms with Gasteiger partial charge in [-0.15, -0.1) is 0 Å². The van der Waals surface area contributed by atoms with Crippen LogP contribution in [0.5, 0.6) is 0 Å². The van der Waals surface area contributed by atoms with Gasteiger partial charge in [0.1, 0.15) is 6.17 Å². The first-order valence-electron chi connectivity index (χ1n) is 4.61. The molecule has 2 heterocycles. The van der Waals surface area contributed by atoms with Crippen LogP contribution in [0.2, 0.25) is 0 Å². The summed E-state index contributed by atoms with van der Waals surface area (Å²) in [4.78, 5) is 2.01. The predicted octanol–water partition coefficient (Wildman–Crippen LogP) is 2.78. The SMILES string of the molecule is C=C1C(C)=CC(C)=C2C(F)CCN12. The van der Waals surface area contributed by atoms with Crippen LogP contribution in [0.3, 0.4) is 0 Å². The maximum Gasteiger partial charge on any atom is 0.142 e. The van der Waals surface area contributed by atoms with Crippen LogP contribution in [0.25, 0.3) is 0 Å². The second kappa shape index (κ2) is 2.72. The fourth-order valence-electron chi connectivity index (χ4n) is 2.10. The maximum absolute atomic E-state index is 13.4. The van der Waals surface area contributed by atoms with Gasteiger partial charge in [-0.2, -0.15) is 0 Å². The third kappa shape index (κ3) is 1.12. The van der Waals surface area contributed by atoms with Crippen LogP contribution in [0.15, 0.2) is 35.2 Å². The van der Waals surface area contributed by atoms with Crippen LogP contribution in [0, 0.1) is 0 Å². The minimum absolute atomic E-state index is 0.604. The van der Waals surface area contributed by atoms with Crippen LogP contribution >= 0.6 is 0 Å². The zero-order valence-electron chi connectivity index (χ0n) is 8.10. The second-order valence-electron chi connectivity index (χ2n) is 3.75. The van der Waals surface area contributed by atoms with E-state index in [4.69, 9.17) is 0 Å². The number of allylic oxidation sites excluding steroid dienone is 4. The lowest BCUT2D eigenvalue weighted by Gasteiger charge is -2.28. The quantitative estimate of drug-likeness (QED) is 0.552. The van der Waals surface area contributed by atoms with Crippen LogP contribution < -0.4 is 0 Å². The largest absolute Gasteiger partial charge is 0.342 e. The Kier molecular flexibility index (Phi) is 1.79. The summed E-state index contributed by atoms with van der Waals surface area (Å²) in [5, 5.41) is 0. The smallest absolute Gasteiger partial charge is 0.142 e. The van der Waals surface area contributed by atoms with E-state index < -0.39 is 6.17 Å². The molecule has 0 aromatic heterocycles. The molecule has 0 bridgehead atoms. The summed E-state index contributed by atoms with van der Waals surface area (Å²) in [6.45, 7) is 8.73. The highest BCUT2D eigenvalue weighted by Crippen LogP contribution is 2.36. The van der Waals surface area contributed by atoms with E-state index in [2.05, 4.69) is 6.58 Å². The Morgan fingerprint density at radius 3 is 2.92 bits per heavy atom. The minimum Gasteiger partial charge on any atom is -0.342 e. The standard InChI is InChI=1S/C11H14FN/c1-7-6-8(2)11-10(12)4-5-13(11)9(7)3/h6,10H,3-5H2,1-2H3. The molecule has 1 nitrogen and oxygen atoms in total. The van der Waals surface area contributed by atoms with Crippen molar-refractivity contribution < 1.29 is 4.39 Å².